The van der Waals surface area contributed by atoms with Gasteiger partial charge in [-0.1, -0.05) is 78.3 Å². The van der Waals surface area contributed by atoms with E-state index in [1.165, 1.54) is 5.56 Å². The Morgan fingerprint density at radius 1 is 0.545 bits per heavy atom. The van der Waals surface area contributed by atoms with Gasteiger partial charge in [0.05, 0.1) is 5.69 Å². The normalized spacial score (nSPS) is 11.2. The lowest BCUT2D eigenvalue weighted by Gasteiger charge is -2.28. The van der Waals surface area contributed by atoms with Crippen LogP contribution in [0.15, 0.2) is 126 Å². The fourth-order valence-electron chi connectivity index (χ4n) is 4.40. The molecule has 0 fully saturated rings. The van der Waals surface area contributed by atoms with E-state index in [0.29, 0.717) is 5.02 Å². The van der Waals surface area contributed by atoms with Gasteiger partial charge in [0, 0.05) is 32.7 Å². The molecule has 0 saturated carbocycles. The van der Waals surface area contributed by atoms with E-state index in [2.05, 4.69) is 89.8 Å². The SMILES string of the molecule is Clc1ccc(N(c2ccc3oc4ccccc4c3c2)c2ccccc2-c2ccccc2)cc1. The third-order valence-corrected chi connectivity index (χ3v) is 6.19. The van der Waals surface area contributed by atoms with Crippen LogP contribution in [0.2, 0.25) is 5.02 Å². The summed E-state index contributed by atoms with van der Waals surface area (Å²) in [5, 5.41) is 2.92. The first-order valence-electron chi connectivity index (χ1n) is 10.9. The molecule has 0 spiro atoms. The summed E-state index contributed by atoms with van der Waals surface area (Å²) < 4.78 is 6.07. The van der Waals surface area contributed by atoms with Crippen molar-refractivity contribution < 1.29 is 4.42 Å². The third-order valence-electron chi connectivity index (χ3n) is 5.93. The average Bonchev–Trinajstić information content (AvgIpc) is 3.24. The van der Waals surface area contributed by atoms with Gasteiger partial charge in [0.1, 0.15) is 11.2 Å². The van der Waals surface area contributed by atoms with E-state index in [-0.39, 0.29) is 0 Å². The van der Waals surface area contributed by atoms with Crippen LogP contribution in [0.1, 0.15) is 0 Å². The van der Waals surface area contributed by atoms with Crippen LogP contribution in [0.3, 0.4) is 0 Å². The minimum absolute atomic E-state index is 0.714. The number of furan rings is 1. The molecule has 0 radical (unpaired) electrons. The van der Waals surface area contributed by atoms with Crippen LogP contribution in [-0.2, 0) is 0 Å². The van der Waals surface area contributed by atoms with Crippen molar-refractivity contribution in [3.63, 3.8) is 0 Å². The molecule has 3 heteroatoms. The summed E-state index contributed by atoms with van der Waals surface area (Å²) in [6, 6.07) is 41.5. The van der Waals surface area contributed by atoms with E-state index < -0.39 is 0 Å². The van der Waals surface area contributed by atoms with E-state index in [4.69, 9.17) is 16.0 Å². The molecule has 0 aliphatic heterocycles. The Kier molecular flexibility index (Phi) is 4.86. The lowest BCUT2D eigenvalue weighted by Crippen LogP contribution is -2.11. The lowest BCUT2D eigenvalue weighted by molar-refractivity contribution is 0.669. The first kappa shape index (κ1) is 19.7. The second-order valence-electron chi connectivity index (χ2n) is 7.97. The number of nitrogens with zero attached hydrogens (tertiary/aromatic N) is 1. The fourth-order valence-corrected chi connectivity index (χ4v) is 4.53. The molecule has 0 atom stereocenters. The summed E-state index contributed by atoms with van der Waals surface area (Å²) in [5.74, 6) is 0. The minimum atomic E-state index is 0.714. The van der Waals surface area contributed by atoms with Crippen molar-refractivity contribution in [3.05, 3.63) is 126 Å². The molecule has 6 rings (SSSR count). The molecule has 5 aromatic carbocycles. The highest BCUT2D eigenvalue weighted by molar-refractivity contribution is 6.30. The number of rotatable bonds is 4. The van der Waals surface area contributed by atoms with Crippen LogP contribution >= 0.6 is 11.6 Å². The monoisotopic (exact) mass is 445 g/mol. The molecular weight excluding hydrogens is 426 g/mol. The summed E-state index contributed by atoms with van der Waals surface area (Å²) in [6.45, 7) is 0. The van der Waals surface area contributed by atoms with Gasteiger partial charge in [-0.05, 0) is 60.2 Å². The molecule has 0 saturated heterocycles. The molecule has 0 N–H and O–H groups in total. The van der Waals surface area contributed by atoms with Gasteiger partial charge < -0.3 is 9.32 Å². The molecule has 1 heterocycles. The molecule has 2 nitrogen and oxygen atoms in total. The van der Waals surface area contributed by atoms with Crippen LogP contribution in [0.25, 0.3) is 33.1 Å². The zero-order valence-electron chi connectivity index (χ0n) is 17.8. The topological polar surface area (TPSA) is 16.4 Å². The van der Waals surface area contributed by atoms with E-state index in [9.17, 15) is 0 Å². The van der Waals surface area contributed by atoms with Crippen LogP contribution < -0.4 is 4.90 Å². The van der Waals surface area contributed by atoms with Crippen LogP contribution in [0, 0.1) is 0 Å². The van der Waals surface area contributed by atoms with E-state index in [1.807, 2.05) is 36.4 Å². The lowest BCUT2D eigenvalue weighted by atomic mass is 10.0. The summed E-state index contributed by atoms with van der Waals surface area (Å²) in [6.07, 6.45) is 0. The fraction of sp³-hybridized carbons (Fsp3) is 0. The van der Waals surface area contributed by atoms with Gasteiger partial charge in [-0.25, -0.2) is 0 Å². The number of halogens is 1. The number of hydrogen-bond acceptors (Lipinski definition) is 2. The Labute approximate surface area is 197 Å². The Hall–Kier alpha value is -4.01. The number of anilines is 3. The highest BCUT2D eigenvalue weighted by atomic mass is 35.5. The quantitative estimate of drug-likeness (QED) is 0.268. The van der Waals surface area contributed by atoms with Gasteiger partial charge in [-0.2, -0.15) is 0 Å². The Bertz CT molecular complexity index is 1570. The predicted octanol–water partition coefficient (Wildman–Crippen LogP) is 9.38. The van der Waals surface area contributed by atoms with Crippen LogP contribution in [-0.4, -0.2) is 0 Å². The van der Waals surface area contributed by atoms with Gasteiger partial charge in [-0.3, -0.25) is 0 Å². The number of fused-ring (bicyclic) bond motifs is 3. The summed E-state index contributed by atoms with van der Waals surface area (Å²) in [4.78, 5) is 2.28. The molecule has 158 valence electrons. The standard InChI is InChI=1S/C30H20ClNO/c31-22-14-16-23(17-15-22)32(28-12-6-4-10-25(28)21-8-2-1-3-9-21)24-18-19-30-27(20-24)26-11-5-7-13-29(26)33-30/h1-20H. The number of para-hydroxylation sites is 2. The summed E-state index contributed by atoms with van der Waals surface area (Å²) in [5.41, 5.74) is 7.29. The molecule has 0 unspecified atom stereocenters. The molecular formula is C30H20ClNO. The number of hydrogen-bond donors (Lipinski definition) is 0. The van der Waals surface area contributed by atoms with Gasteiger partial charge >= 0.3 is 0 Å². The smallest absolute Gasteiger partial charge is 0.135 e. The maximum absolute atomic E-state index is 6.23. The largest absolute Gasteiger partial charge is 0.456 e. The zero-order valence-corrected chi connectivity index (χ0v) is 18.5. The van der Waals surface area contributed by atoms with Crippen molar-refractivity contribution in [2.75, 3.05) is 4.90 Å². The van der Waals surface area contributed by atoms with Crippen molar-refractivity contribution in [1.29, 1.82) is 0 Å². The molecule has 1 aromatic heterocycles. The first-order valence-corrected chi connectivity index (χ1v) is 11.3. The van der Waals surface area contributed by atoms with E-state index >= 15 is 0 Å². The van der Waals surface area contributed by atoms with E-state index in [0.717, 1.165) is 44.6 Å². The third kappa shape index (κ3) is 3.55. The zero-order chi connectivity index (χ0) is 22.2. The molecule has 0 amide bonds. The average molecular weight is 446 g/mol. The molecule has 6 aromatic rings. The Morgan fingerprint density at radius 3 is 2.06 bits per heavy atom. The van der Waals surface area contributed by atoms with Crippen LogP contribution in [0.5, 0.6) is 0 Å². The molecule has 33 heavy (non-hydrogen) atoms. The summed E-state index contributed by atoms with van der Waals surface area (Å²) >= 11 is 6.23. The van der Waals surface area contributed by atoms with E-state index in [1.54, 1.807) is 0 Å². The van der Waals surface area contributed by atoms with Crippen molar-refractivity contribution >= 4 is 50.6 Å². The number of benzene rings is 5. The van der Waals surface area contributed by atoms with Gasteiger partial charge in [-0.15, -0.1) is 0 Å². The van der Waals surface area contributed by atoms with Crippen molar-refractivity contribution in [2.45, 2.75) is 0 Å². The van der Waals surface area contributed by atoms with Gasteiger partial charge in [0.2, 0.25) is 0 Å². The molecule has 0 bridgehead atoms. The molecule has 0 aliphatic rings. The maximum atomic E-state index is 6.23. The minimum Gasteiger partial charge on any atom is -0.456 e. The van der Waals surface area contributed by atoms with Crippen molar-refractivity contribution in [3.8, 4) is 11.1 Å². The van der Waals surface area contributed by atoms with Gasteiger partial charge in [0.15, 0.2) is 0 Å². The molecule has 0 aliphatic carbocycles. The Morgan fingerprint density at radius 2 is 1.21 bits per heavy atom. The maximum Gasteiger partial charge on any atom is 0.135 e. The van der Waals surface area contributed by atoms with Crippen molar-refractivity contribution in [1.82, 2.24) is 0 Å². The van der Waals surface area contributed by atoms with Crippen LogP contribution in [0.4, 0.5) is 17.1 Å². The highest BCUT2D eigenvalue weighted by Crippen LogP contribution is 2.42. The second kappa shape index (κ2) is 8.16. The highest BCUT2D eigenvalue weighted by Gasteiger charge is 2.18. The summed E-state index contributed by atoms with van der Waals surface area (Å²) in [7, 11) is 0. The second-order valence-corrected chi connectivity index (χ2v) is 8.41. The first-order chi connectivity index (χ1) is 16.3. The Balaban J connectivity index is 1.61. The van der Waals surface area contributed by atoms with Crippen molar-refractivity contribution in [2.24, 2.45) is 0 Å². The van der Waals surface area contributed by atoms with Gasteiger partial charge in [0.25, 0.3) is 0 Å². The predicted molar refractivity (Wildman–Crippen MR) is 139 cm³/mol.